The maximum Gasteiger partial charge on any atom is 0.185 e. The zero-order valence-corrected chi connectivity index (χ0v) is 15.2. The highest BCUT2D eigenvalue weighted by molar-refractivity contribution is 6.69. The first kappa shape index (κ1) is 17.5. The molecule has 23 heavy (non-hydrogen) atoms. The standard InChI is InChI=1S/C20H24O2Si/c1-16(21)18-11-13-19(14-12-18)20(22-23(2,3)4)15-10-17-8-6-5-7-9-17/h5-9,11-14,16,20-21H,1-4H3. The predicted octanol–water partition coefficient (Wildman–Crippen LogP) is 4.68. The third-order valence-electron chi connectivity index (χ3n) is 3.31. The maximum atomic E-state index is 9.64. The molecule has 0 amide bonds. The number of hydrogen-bond donors (Lipinski definition) is 1. The molecule has 0 saturated heterocycles. The van der Waals surface area contributed by atoms with E-state index in [-0.39, 0.29) is 6.10 Å². The van der Waals surface area contributed by atoms with Crippen molar-refractivity contribution < 1.29 is 9.53 Å². The van der Waals surface area contributed by atoms with Gasteiger partial charge in [0.1, 0.15) is 6.10 Å². The highest BCUT2D eigenvalue weighted by Crippen LogP contribution is 2.23. The van der Waals surface area contributed by atoms with Gasteiger partial charge in [0.25, 0.3) is 0 Å². The molecule has 0 heterocycles. The Morgan fingerprint density at radius 1 is 0.913 bits per heavy atom. The average molecular weight is 324 g/mol. The van der Waals surface area contributed by atoms with Crippen molar-refractivity contribution in [1.29, 1.82) is 0 Å². The second-order valence-corrected chi connectivity index (χ2v) is 11.0. The van der Waals surface area contributed by atoms with Crippen LogP contribution in [0.2, 0.25) is 19.6 Å². The van der Waals surface area contributed by atoms with Gasteiger partial charge in [-0.15, -0.1) is 0 Å². The van der Waals surface area contributed by atoms with Crippen molar-refractivity contribution >= 4 is 8.32 Å². The molecule has 0 radical (unpaired) electrons. The van der Waals surface area contributed by atoms with Crippen LogP contribution in [-0.4, -0.2) is 13.4 Å². The summed E-state index contributed by atoms with van der Waals surface area (Å²) in [5, 5.41) is 9.64. The van der Waals surface area contributed by atoms with Gasteiger partial charge < -0.3 is 9.53 Å². The quantitative estimate of drug-likeness (QED) is 0.653. The van der Waals surface area contributed by atoms with Gasteiger partial charge >= 0.3 is 0 Å². The molecule has 120 valence electrons. The minimum Gasteiger partial charge on any atom is -0.400 e. The Morgan fingerprint density at radius 3 is 2.00 bits per heavy atom. The molecular formula is C20H24O2Si. The van der Waals surface area contributed by atoms with Crippen LogP contribution < -0.4 is 0 Å². The van der Waals surface area contributed by atoms with Gasteiger partial charge in [-0.25, -0.2) is 0 Å². The van der Waals surface area contributed by atoms with Crippen LogP contribution in [-0.2, 0) is 4.43 Å². The van der Waals surface area contributed by atoms with Gasteiger partial charge in [-0.1, -0.05) is 54.3 Å². The van der Waals surface area contributed by atoms with Crippen molar-refractivity contribution in [2.24, 2.45) is 0 Å². The van der Waals surface area contributed by atoms with Gasteiger partial charge in [0.15, 0.2) is 8.32 Å². The van der Waals surface area contributed by atoms with Crippen LogP contribution in [0.3, 0.4) is 0 Å². The second-order valence-electron chi connectivity index (χ2n) is 6.59. The number of rotatable bonds is 4. The van der Waals surface area contributed by atoms with E-state index in [0.717, 1.165) is 16.7 Å². The lowest BCUT2D eigenvalue weighted by atomic mass is 10.0. The van der Waals surface area contributed by atoms with Crippen LogP contribution >= 0.6 is 0 Å². The lowest BCUT2D eigenvalue weighted by molar-refractivity contribution is 0.199. The summed E-state index contributed by atoms with van der Waals surface area (Å²) < 4.78 is 6.25. The van der Waals surface area contributed by atoms with E-state index in [2.05, 4.69) is 31.5 Å². The maximum absolute atomic E-state index is 9.64. The summed E-state index contributed by atoms with van der Waals surface area (Å²) >= 11 is 0. The average Bonchev–Trinajstić information content (AvgIpc) is 2.51. The highest BCUT2D eigenvalue weighted by Gasteiger charge is 2.21. The summed E-state index contributed by atoms with van der Waals surface area (Å²) in [6, 6.07) is 17.8. The zero-order chi connectivity index (χ0) is 16.9. The molecule has 0 saturated carbocycles. The molecule has 2 rings (SSSR count). The van der Waals surface area contributed by atoms with Crippen molar-refractivity contribution in [3.63, 3.8) is 0 Å². The summed E-state index contributed by atoms with van der Waals surface area (Å²) in [4.78, 5) is 0. The van der Waals surface area contributed by atoms with E-state index in [9.17, 15) is 5.11 Å². The molecule has 2 aromatic rings. The molecule has 2 unspecified atom stereocenters. The summed E-state index contributed by atoms with van der Waals surface area (Å²) in [6.07, 6.45) is -0.708. The largest absolute Gasteiger partial charge is 0.400 e. The van der Waals surface area contributed by atoms with Crippen LogP contribution in [0.5, 0.6) is 0 Å². The van der Waals surface area contributed by atoms with Gasteiger partial charge in [-0.05, 0) is 49.8 Å². The first-order chi connectivity index (χ1) is 10.8. The fraction of sp³-hybridized carbons (Fsp3) is 0.300. The van der Waals surface area contributed by atoms with E-state index >= 15 is 0 Å². The Morgan fingerprint density at radius 2 is 1.48 bits per heavy atom. The first-order valence-corrected chi connectivity index (χ1v) is 11.3. The molecule has 2 aromatic carbocycles. The SMILES string of the molecule is CC(O)c1ccc(C(C#Cc2ccccc2)O[Si](C)(C)C)cc1. The molecule has 2 atom stereocenters. The fourth-order valence-electron chi connectivity index (χ4n) is 2.15. The molecule has 0 aliphatic rings. The molecule has 0 bridgehead atoms. The van der Waals surface area contributed by atoms with E-state index < -0.39 is 14.4 Å². The van der Waals surface area contributed by atoms with Crippen molar-refractivity contribution in [1.82, 2.24) is 0 Å². The van der Waals surface area contributed by atoms with Crippen LogP contribution in [0.1, 0.15) is 35.8 Å². The normalized spacial score (nSPS) is 13.8. The summed E-state index contributed by atoms with van der Waals surface area (Å²) in [7, 11) is -1.73. The van der Waals surface area contributed by atoms with E-state index in [1.54, 1.807) is 6.92 Å². The smallest absolute Gasteiger partial charge is 0.185 e. The Labute approximate surface area is 140 Å². The van der Waals surface area contributed by atoms with Crippen molar-refractivity contribution in [3.05, 3.63) is 71.3 Å². The zero-order valence-electron chi connectivity index (χ0n) is 14.2. The highest BCUT2D eigenvalue weighted by atomic mass is 28.4. The molecular weight excluding hydrogens is 300 g/mol. The molecule has 3 heteroatoms. The summed E-state index contributed by atoms with van der Waals surface area (Å²) in [5.74, 6) is 6.46. The number of benzene rings is 2. The van der Waals surface area contributed by atoms with E-state index in [0.29, 0.717) is 0 Å². The minimum absolute atomic E-state index is 0.245. The Bertz CT molecular complexity index is 674. The predicted molar refractivity (Wildman–Crippen MR) is 97.6 cm³/mol. The number of hydrogen-bond acceptors (Lipinski definition) is 2. The summed E-state index contributed by atoms with van der Waals surface area (Å²) in [5.41, 5.74) is 2.91. The third kappa shape index (κ3) is 5.68. The van der Waals surface area contributed by atoms with Gasteiger partial charge in [0.05, 0.1) is 6.10 Å². The van der Waals surface area contributed by atoms with E-state index in [1.165, 1.54) is 0 Å². The molecule has 0 spiro atoms. The molecule has 0 fully saturated rings. The Kier molecular flexibility index (Phi) is 5.78. The van der Waals surface area contributed by atoms with Gasteiger partial charge in [-0.3, -0.25) is 0 Å². The van der Waals surface area contributed by atoms with Crippen molar-refractivity contribution in [2.75, 3.05) is 0 Å². The van der Waals surface area contributed by atoms with E-state index in [4.69, 9.17) is 4.43 Å². The lowest BCUT2D eigenvalue weighted by Crippen LogP contribution is -2.27. The second kappa shape index (κ2) is 7.61. The molecule has 0 aliphatic carbocycles. The molecule has 2 nitrogen and oxygen atoms in total. The van der Waals surface area contributed by atoms with E-state index in [1.807, 2.05) is 54.6 Å². The van der Waals surface area contributed by atoms with Crippen molar-refractivity contribution in [3.8, 4) is 11.8 Å². The van der Waals surface area contributed by atoms with Crippen LogP contribution in [0.4, 0.5) is 0 Å². The fourth-order valence-corrected chi connectivity index (χ4v) is 3.06. The number of aliphatic hydroxyl groups is 1. The van der Waals surface area contributed by atoms with Crippen LogP contribution in [0.15, 0.2) is 54.6 Å². The minimum atomic E-state index is -1.73. The van der Waals surface area contributed by atoms with Crippen LogP contribution in [0, 0.1) is 11.8 Å². The Balaban J connectivity index is 2.29. The molecule has 1 N–H and O–H groups in total. The van der Waals surface area contributed by atoms with Gasteiger partial charge in [0.2, 0.25) is 0 Å². The monoisotopic (exact) mass is 324 g/mol. The van der Waals surface area contributed by atoms with Gasteiger partial charge in [-0.2, -0.15) is 0 Å². The van der Waals surface area contributed by atoms with Crippen molar-refractivity contribution in [2.45, 2.75) is 38.8 Å². The summed E-state index contributed by atoms with van der Waals surface area (Å²) in [6.45, 7) is 8.25. The number of aliphatic hydroxyl groups excluding tert-OH is 1. The Hall–Kier alpha value is -1.86. The lowest BCUT2D eigenvalue weighted by Gasteiger charge is -2.23. The molecule has 0 aromatic heterocycles. The van der Waals surface area contributed by atoms with Gasteiger partial charge in [0, 0.05) is 5.56 Å². The topological polar surface area (TPSA) is 29.5 Å². The third-order valence-corrected chi connectivity index (χ3v) is 4.26. The van der Waals surface area contributed by atoms with Crippen LogP contribution in [0.25, 0.3) is 0 Å². The molecule has 0 aliphatic heterocycles. The first-order valence-electron chi connectivity index (χ1n) is 7.87.